The zero-order chi connectivity index (χ0) is 13.2. The van der Waals surface area contributed by atoms with Crippen molar-refractivity contribution in [3.63, 3.8) is 0 Å². The van der Waals surface area contributed by atoms with Crippen LogP contribution in [0.15, 0.2) is 30.6 Å². The highest BCUT2D eigenvalue weighted by molar-refractivity contribution is 7.13. The summed E-state index contributed by atoms with van der Waals surface area (Å²) in [6.07, 6.45) is 1.55. The number of hydrogen-bond acceptors (Lipinski definition) is 5. The first-order valence-corrected chi connectivity index (χ1v) is 7.08. The highest BCUT2D eigenvalue weighted by Crippen LogP contribution is 2.29. The highest BCUT2D eigenvalue weighted by atomic mass is 35.5. The molecule has 0 aliphatic carbocycles. The van der Waals surface area contributed by atoms with Crippen molar-refractivity contribution in [3.05, 3.63) is 41.9 Å². The SMILES string of the molecule is Cc1nsc2ncnc(Nc3ccccc3CCl)c12. The number of hydrogen-bond donors (Lipinski definition) is 1. The number of halogens is 1. The number of alkyl halides is 1. The van der Waals surface area contributed by atoms with E-state index in [0.717, 1.165) is 33.0 Å². The summed E-state index contributed by atoms with van der Waals surface area (Å²) >= 11 is 7.33. The lowest BCUT2D eigenvalue weighted by Crippen LogP contribution is -1.98. The lowest BCUT2D eigenvalue weighted by atomic mass is 10.2. The molecule has 2 aromatic heterocycles. The predicted octanol–water partition coefficient (Wildman–Crippen LogP) is 3.88. The molecule has 0 aliphatic rings. The van der Waals surface area contributed by atoms with Crippen LogP contribution in [0.4, 0.5) is 11.5 Å². The molecule has 96 valence electrons. The third-order valence-electron chi connectivity index (χ3n) is 2.86. The molecule has 0 bridgehead atoms. The Kier molecular flexibility index (Phi) is 3.31. The molecular formula is C13H11ClN4S. The number of aromatic nitrogens is 3. The van der Waals surface area contributed by atoms with E-state index in [2.05, 4.69) is 19.7 Å². The van der Waals surface area contributed by atoms with Gasteiger partial charge in [0.2, 0.25) is 0 Å². The topological polar surface area (TPSA) is 50.7 Å². The second kappa shape index (κ2) is 5.11. The third kappa shape index (κ3) is 2.27. The predicted molar refractivity (Wildman–Crippen MR) is 79.2 cm³/mol. The molecule has 0 saturated carbocycles. The summed E-state index contributed by atoms with van der Waals surface area (Å²) in [6.45, 7) is 1.96. The fraction of sp³-hybridized carbons (Fsp3) is 0.154. The molecule has 0 radical (unpaired) electrons. The van der Waals surface area contributed by atoms with Crippen molar-refractivity contribution in [2.75, 3.05) is 5.32 Å². The molecule has 0 amide bonds. The summed E-state index contributed by atoms with van der Waals surface area (Å²) in [5, 5.41) is 4.29. The minimum absolute atomic E-state index is 0.457. The first-order chi connectivity index (χ1) is 9.29. The number of nitrogens with one attached hydrogen (secondary N) is 1. The van der Waals surface area contributed by atoms with E-state index in [1.807, 2.05) is 31.2 Å². The van der Waals surface area contributed by atoms with Crippen LogP contribution in [0.2, 0.25) is 0 Å². The molecular weight excluding hydrogens is 280 g/mol. The fourth-order valence-corrected chi connectivity index (χ4v) is 2.88. The lowest BCUT2D eigenvalue weighted by Gasteiger charge is -2.10. The van der Waals surface area contributed by atoms with Gasteiger partial charge in [-0.2, -0.15) is 4.37 Å². The summed E-state index contributed by atoms with van der Waals surface area (Å²) in [4.78, 5) is 9.43. The van der Waals surface area contributed by atoms with Crippen molar-refractivity contribution < 1.29 is 0 Å². The van der Waals surface area contributed by atoms with E-state index in [1.165, 1.54) is 11.5 Å². The average molecular weight is 291 g/mol. The van der Waals surface area contributed by atoms with Crippen LogP contribution in [0, 0.1) is 6.92 Å². The van der Waals surface area contributed by atoms with E-state index in [-0.39, 0.29) is 0 Å². The maximum Gasteiger partial charge on any atom is 0.149 e. The highest BCUT2D eigenvalue weighted by Gasteiger charge is 2.11. The minimum atomic E-state index is 0.457. The molecule has 4 nitrogen and oxygen atoms in total. The average Bonchev–Trinajstić information content (AvgIpc) is 2.82. The van der Waals surface area contributed by atoms with Gasteiger partial charge in [-0.05, 0) is 30.1 Å². The van der Waals surface area contributed by atoms with Crippen LogP contribution in [0.1, 0.15) is 11.3 Å². The smallest absolute Gasteiger partial charge is 0.149 e. The van der Waals surface area contributed by atoms with Crippen LogP contribution in [-0.4, -0.2) is 14.3 Å². The van der Waals surface area contributed by atoms with Crippen LogP contribution in [0.3, 0.4) is 0 Å². The van der Waals surface area contributed by atoms with Gasteiger partial charge in [-0.3, -0.25) is 0 Å². The van der Waals surface area contributed by atoms with Crippen LogP contribution in [0.5, 0.6) is 0 Å². The van der Waals surface area contributed by atoms with Crippen molar-refractivity contribution in [1.29, 1.82) is 0 Å². The maximum absolute atomic E-state index is 5.94. The Labute approximate surface area is 119 Å². The van der Waals surface area contributed by atoms with Gasteiger partial charge in [-0.1, -0.05) is 18.2 Å². The molecule has 0 unspecified atom stereocenters. The molecule has 6 heteroatoms. The summed E-state index contributed by atoms with van der Waals surface area (Å²) in [7, 11) is 0. The summed E-state index contributed by atoms with van der Waals surface area (Å²) < 4.78 is 4.31. The number of fused-ring (bicyclic) bond motifs is 1. The zero-order valence-electron chi connectivity index (χ0n) is 10.2. The van der Waals surface area contributed by atoms with Gasteiger partial charge in [0.05, 0.1) is 11.1 Å². The molecule has 0 fully saturated rings. The number of para-hydroxylation sites is 1. The van der Waals surface area contributed by atoms with Gasteiger partial charge in [0.15, 0.2) is 0 Å². The van der Waals surface area contributed by atoms with Crippen LogP contribution in [0.25, 0.3) is 10.2 Å². The van der Waals surface area contributed by atoms with E-state index in [9.17, 15) is 0 Å². The standard InChI is InChI=1S/C13H11ClN4S/c1-8-11-12(15-7-16-13(11)19-18-8)17-10-5-3-2-4-9(10)6-14/h2-5,7H,6H2,1H3,(H,15,16,17). The van der Waals surface area contributed by atoms with Gasteiger partial charge in [-0.25, -0.2) is 9.97 Å². The van der Waals surface area contributed by atoms with Gasteiger partial charge in [0, 0.05) is 11.6 Å². The Morgan fingerprint density at radius 2 is 2.11 bits per heavy atom. The third-order valence-corrected chi connectivity index (χ3v) is 3.99. The van der Waals surface area contributed by atoms with E-state index >= 15 is 0 Å². The van der Waals surface area contributed by atoms with Gasteiger partial charge in [-0.15, -0.1) is 11.6 Å². The van der Waals surface area contributed by atoms with Gasteiger partial charge >= 0.3 is 0 Å². The lowest BCUT2D eigenvalue weighted by molar-refractivity contribution is 1.22. The first-order valence-electron chi connectivity index (χ1n) is 5.77. The van der Waals surface area contributed by atoms with E-state index in [0.29, 0.717) is 5.88 Å². The summed E-state index contributed by atoms with van der Waals surface area (Å²) in [5.74, 6) is 1.23. The largest absolute Gasteiger partial charge is 0.339 e. The van der Waals surface area contributed by atoms with Crippen molar-refractivity contribution in [2.24, 2.45) is 0 Å². The molecule has 2 heterocycles. The van der Waals surface area contributed by atoms with E-state index < -0.39 is 0 Å². The Morgan fingerprint density at radius 3 is 2.95 bits per heavy atom. The molecule has 1 aromatic carbocycles. The number of rotatable bonds is 3. The van der Waals surface area contributed by atoms with Gasteiger partial charge in [0.1, 0.15) is 17.0 Å². The Morgan fingerprint density at radius 1 is 1.26 bits per heavy atom. The number of nitrogens with zero attached hydrogens (tertiary/aromatic N) is 3. The Bertz CT molecular complexity index is 725. The van der Waals surface area contributed by atoms with Crippen molar-refractivity contribution in [2.45, 2.75) is 12.8 Å². The van der Waals surface area contributed by atoms with Crippen molar-refractivity contribution in [1.82, 2.24) is 14.3 Å². The van der Waals surface area contributed by atoms with Crippen molar-refractivity contribution in [3.8, 4) is 0 Å². The van der Waals surface area contributed by atoms with Crippen LogP contribution in [-0.2, 0) is 5.88 Å². The molecule has 19 heavy (non-hydrogen) atoms. The normalized spacial score (nSPS) is 10.8. The monoisotopic (exact) mass is 290 g/mol. The summed E-state index contributed by atoms with van der Waals surface area (Å²) in [5.41, 5.74) is 2.94. The van der Waals surface area contributed by atoms with Gasteiger partial charge in [0.25, 0.3) is 0 Å². The fourth-order valence-electron chi connectivity index (χ4n) is 1.90. The van der Waals surface area contributed by atoms with Crippen LogP contribution < -0.4 is 5.32 Å². The molecule has 0 saturated heterocycles. The maximum atomic E-state index is 5.94. The molecule has 0 atom stereocenters. The number of anilines is 2. The Balaban J connectivity index is 2.08. The molecule has 3 rings (SSSR count). The molecule has 1 N–H and O–H groups in total. The number of benzene rings is 1. The first kappa shape index (κ1) is 12.3. The molecule has 0 spiro atoms. The summed E-state index contributed by atoms with van der Waals surface area (Å²) in [6, 6.07) is 7.92. The number of aryl methyl sites for hydroxylation is 1. The van der Waals surface area contributed by atoms with Gasteiger partial charge < -0.3 is 5.32 Å². The van der Waals surface area contributed by atoms with E-state index in [4.69, 9.17) is 11.6 Å². The molecule has 3 aromatic rings. The molecule has 0 aliphatic heterocycles. The quantitative estimate of drug-likeness (QED) is 0.744. The van der Waals surface area contributed by atoms with Crippen molar-refractivity contribution >= 4 is 44.9 Å². The minimum Gasteiger partial charge on any atom is -0.339 e. The van der Waals surface area contributed by atoms with Crippen LogP contribution >= 0.6 is 23.1 Å². The van der Waals surface area contributed by atoms with E-state index in [1.54, 1.807) is 6.33 Å². The zero-order valence-corrected chi connectivity index (χ0v) is 11.8. The Hall–Kier alpha value is -1.72. The second-order valence-electron chi connectivity index (χ2n) is 4.09. The second-order valence-corrected chi connectivity index (χ2v) is 5.11.